The maximum absolute atomic E-state index is 15.1. The van der Waals surface area contributed by atoms with Gasteiger partial charge in [-0.15, -0.1) is 0 Å². The largest absolute Gasteiger partial charge is 0.339 e. The van der Waals surface area contributed by atoms with Crippen LogP contribution in [-0.4, -0.2) is 39.5 Å². The van der Waals surface area contributed by atoms with Crippen LogP contribution in [-0.2, 0) is 32.6 Å². The summed E-state index contributed by atoms with van der Waals surface area (Å²) in [4.78, 5) is 9.20. The number of hydrogen-bond acceptors (Lipinski definition) is 3. The number of rotatable bonds is 2. The van der Waals surface area contributed by atoms with Crippen LogP contribution in [0.1, 0.15) is 22.4 Å². The molecule has 0 saturated carbocycles. The Kier molecular flexibility index (Phi) is 7.04. The lowest BCUT2D eigenvalue weighted by Gasteiger charge is -2.25. The SMILES string of the molecule is CN1CCc2cccc(c2)-c2cc3ccccc3n2CCN(Cc2ccccn2)Cc2cc(ccc2F)C1. The summed E-state index contributed by atoms with van der Waals surface area (Å²) < 4.78 is 17.5. The number of halogens is 1. The molecule has 3 heterocycles. The highest BCUT2D eigenvalue weighted by Crippen LogP contribution is 2.29. The minimum atomic E-state index is -0.148. The molecule has 0 N–H and O–H groups in total. The van der Waals surface area contributed by atoms with Crippen molar-refractivity contribution in [1.82, 2.24) is 19.4 Å². The third-order valence-corrected chi connectivity index (χ3v) is 7.52. The Hall–Kier alpha value is -3.80. The molecule has 38 heavy (non-hydrogen) atoms. The van der Waals surface area contributed by atoms with Gasteiger partial charge in [-0.05, 0) is 66.6 Å². The second-order valence-corrected chi connectivity index (χ2v) is 10.4. The van der Waals surface area contributed by atoms with Crippen LogP contribution < -0.4 is 0 Å². The van der Waals surface area contributed by atoms with Gasteiger partial charge in [-0.1, -0.05) is 54.6 Å². The average Bonchev–Trinajstić information content (AvgIpc) is 3.31. The van der Waals surface area contributed by atoms with Gasteiger partial charge in [-0.2, -0.15) is 0 Å². The van der Waals surface area contributed by atoms with Gasteiger partial charge in [0.15, 0.2) is 0 Å². The van der Waals surface area contributed by atoms with E-state index in [0.717, 1.165) is 49.4 Å². The Bertz CT molecular complexity index is 1540. The fourth-order valence-electron chi connectivity index (χ4n) is 5.55. The van der Waals surface area contributed by atoms with E-state index in [1.807, 2.05) is 36.5 Å². The van der Waals surface area contributed by atoms with E-state index in [0.29, 0.717) is 13.1 Å². The summed E-state index contributed by atoms with van der Waals surface area (Å²) in [6.07, 6.45) is 2.80. The Morgan fingerprint density at radius 1 is 0.789 bits per heavy atom. The maximum atomic E-state index is 15.1. The zero-order valence-electron chi connectivity index (χ0n) is 21.9. The van der Waals surface area contributed by atoms with E-state index >= 15 is 4.39 Å². The van der Waals surface area contributed by atoms with Crippen molar-refractivity contribution < 1.29 is 4.39 Å². The van der Waals surface area contributed by atoms with Crippen molar-refractivity contribution in [3.05, 3.63) is 125 Å². The van der Waals surface area contributed by atoms with Gasteiger partial charge < -0.3 is 9.47 Å². The second kappa shape index (κ2) is 10.9. The molecule has 3 aromatic carbocycles. The standard InChI is InChI=1S/C33H33FN4/c1-36-16-14-25-7-6-9-27(19-25)33-21-28-8-2-3-11-32(28)38(33)18-17-37(24-30-10-4-5-15-35-30)23-29-20-26(22-36)12-13-31(29)34/h2-13,15,19-21H,14,16-18,22-24H2,1H3. The van der Waals surface area contributed by atoms with E-state index in [-0.39, 0.29) is 5.82 Å². The minimum absolute atomic E-state index is 0.148. The first-order valence-corrected chi connectivity index (χ1v) is 13.4. The molecule has 0 amide bonds. The zero-order chi connectivity index (χ0) is 25.9. The van der Waals surface area contributed by atoms with Gasteiger partial charge >= 0.3 is 0 Å². The van der Waals surface area contributed by atoms with Crippen molar-refractivity contribution in [2.24, 2.45) is 0 Å². The van der Waals surface area contributed by atoms with Crippen molar-refractivity contribution in [1.29, 1.82) is 0 Å². The van der Waals surface area contributed by atoms with E-state index in [4.69, 9.17) is 0 Å². The van der Waals surface area contributed by atoms with Crippen molar-refractivity contribution in [3.63, 3.8) is 0 Å². The molecular weight excluding hydrogens is 471 g/mol. The van der Waals surface area contributed by atoms with E-state index in [2.05, 4.69) is 81.0 Å². The quantitative estimate of drug-likeness (QED) is 0.273. The van der Waals surface area contributed by atoms with Crippen LogP contribution in [0, 0.1) is 5.82 Å². The molecule has 0 unspecified atom stereocenters. The molecule has 192 valence electrons. The smallest absolute Gasteiger partial charge is 0.127 e. The van der Waals surface area contributed by atoms with E-state index in [1.165, 1.54) is 27.7 Å². The first-order valence-electron chi connectivity index (χ1n) is 13.4. The van der Waals surface area contributed by atoms with Gasteiger partial charge in [0.05, 0.1) is 5.69 Å². The predicted molar refractivity (Wildman–Crippen MR) is 152 cm³/mol. The molecule has 1 aliphatic rings. The Balaban J connectivity index is 1.43. The van der Waals surface area contributed by atoms with Crippen LogP contribution in [0.3, 0.4) is 0 Å². The third-order valence-electron chi connectivity index (χ3n) is 7.52. The molecule has 0 saturated heterocycles. The first kappa shape index (κ1) is 24.5. The first-order chi connectivity index (χ1) is 18.6. The molecule has 5 heteroatoms. The molecule has 4 nitrogen and oxygen atoms in total. The van der Waals surface area contributed by atoms with Crippen molar-refractivity contribution in [3.8, 4) is 11.3 Å². The Labute approximate surface area is 224 Å². The number of aromatic nitrogens is 2. The monoisotopic (exact) mass is 504 g/mol. The number of likely N-dealkylation sites (N-methyl/N-ethyl adjacent to an activating group) is 1. The van der Waals surface area contributed by atoms with Gasteiger partial charge in [0.2, 0.25) is 0 Å². The maximum Gasteiger partial charge on any atom is 0.127 e. The molecule has 6 rings (SSSR count). The number of pyridine rings is 1. The Morgan fingerprint density at radius 3 is 2.58 bits per heavy atom. The van der Waals surface area contributed by atoms with Crippen LogP contribution in [0.2, 0.25) is 0 Å². The van der Waals surface area contributed by atoms with Crippen LogP contribution >= 0.6 is 0 Å². The van der Waals surface area contributed by atoms with Gasteiger partial charge in [0, 0.05) is 67.6 Å². The predicted octanol–water partition coefficient (Wildman–Crippen LogP) is 6.53. The van der Waals surface area contributed by atoms with Crippen molar-refractivity contribution >= 4 is 10.9 Å². The fourth-order valence-corrected chi connectivity index (χ4v) is 5.55. The summed E-state index contributed by atoms with van der Waals surface area (Å²) in [7, 11) is 2.14. The van der Waals surface area contributed by atoms with Crippen molar-refractivity contribution in [2.75, 3.05) is 20.1 Å². The van der Waals surface area contributed by atoms with Gasteiger partial charge in [-0.25, -0.2) is 4.39 Å². The molecule has 1 aliphatic heterocycles. The van der Waals surface area contributed by atoms with Crippen LogP contribution in [0.4, 0.5) is 4.39 Å². The van der Waals surface area contributed by atoms with Crippen LogP contribution in [0.25, 0.3) is 22.2 Å². The summed E-state index contributed by atoms with van der Waals surface area (Å²) in [6, 6.07) is 31.4. The highest BCUT2D eigenvalue weighted by Gasteiger charge is 2.16. The number of benzene rings is 3. The number of para-hydroxylation sites is 1. The molecule has 0 fully saturated rings. The van der Waals surface area contributed by atoms with Gasteiger partial charge in [-0.3, -0.25) is 9.88 Å². The molecule has 0 radical (unpaired) electrons. The fraction of sp³-hybridized carbons (Fsp3) is 0.242. The highest BCUT2D eigenvalue weighted by atomic mass is 19.1. The topological polar surface area (TPSA) is 24.3 Å². The van der Waals surface area contributed by atoms with Crippen LogP contribution in [0.5, 0.6) is 0 Å². The lowest BCUT2D eigenvalue weighted by Crippen LogP contribution is -2.28. The Morgan fingerprint density at radius 2 is 1.68 bits per heavy atom. The average molecular weight is 505 g/mol. The van der Waals surface area contributed by atoms with E-state index in [1.54, 1.807) is 6.07 Å². The highest BCUT2D eigenvalue weighted by molar-refractivity contribution is 5.87. The molecule has 0 atom stereocenters. The minimum Gasteiger partial charge on any atom is -0.339 e. The lowest BCUT2D eigenvalue weighted by atomic mass is 10.0. The molecular formula is C33H33FN4. The third kappa shape index (κ3) is 5.40. The van der Waals surface area contributed by atoms with Crippen LogP contribution in [0.15, 0.2) is 97.2 Å². The van der Waals surface area contributed by atoms with Crippen molar-refractivity contribution in [2.45, 2.75) is 32.6 Å². The number of fused-ring (bicyclic) bond motifs is 8. The zero-order valence-corrected chi connectivity index (χ0v) is 21.9. The summed E-state index contributed by atoms with van der Waals surface area (Å²) in [6.45, 7) is 4.49. The normalized spacial score (nSPS) is 15.4. The molecule has 2 aromatic heterocycles. The molecule has 4 bridgehead atoms. The number of nitrogens with zero attached hydrogens (tertiary/aromatic N) is 4. The van der Waals surface area contributed by atoms with Gasteiger partial charge in [0.1, 0.15) is 5.82 Å². The van der Waals surface area contributed by atoms with E-state index < -0.39 is 0 Å². The number of hydrogen-bond donors (Lipinski definition) is 0. The summed E-state index contributed by atoms with van der Waals surface area (Å²) >= 11 is 0. The lowest BCUT2D eigenvalue weighted by molar-refractivity contribution is 0.241. The van der Waals surface area contributed by atoms with E-state index in [9.17, 15) is 0 Å². The summed E-state index contributed by atoms with van der Waals surface area (Å²) in [5.74, 6) is -0.148. The van der Waals surface area contributed by atoms with Gasteiger partial charge in [0.25, 0.3) is 0 Å². The second-order valence-electron chi connectivity index (χ2n) is 10.4. The molecule has 0 aliphatic carbocycles. The summed E-state index contributed by atoms with van der Waals surface area (Å²) in [5.41, 5.74) is 7.88. The molecule has 0 spiro atoms. The summed E-state index contributed by atoms with van der Waals surface area (Å²) in [5, 5.41) is 1.24. The molecule has 5 aromatic rings.